The van der Waals surface area contributed by atoms with Crippen molar-refractivity contribution >= 4 is 23.3 Å². The number of H-pyrrole nitrogens is 1. The van der Waals surface area contributed by atoms with E-state index in [2.05, 4.69) is 34.7 Å². The Hall–Kier alpha value is -1.13. The van der Waals surface area contributed by atoms with E-state index in [-0.39, 0.29) is 0 Å². The molecule has 0 radical (unpaired) electrons. The first kappa shape index (κ1) is 11.9. The number of hydrogen-bond donors (Lipinski definition) is 1. The first-order chi connectivity index (χ1) is 8.74. The number of fused-ring (bicyclic) bond motifs is 1. The van der Waals surface area contributed by atoms with Crippen LogP contribution < -0.4 is 0 Å². The largest absolute Gasteiger partial charge is 0.378 e. The van der Waals surface area contributed by atoms with Crippen molar-refractivity contribution in [1.29, 1.82) is 0 Å². The molecule has 0 aliphatic carbocycles. The third-order valence-corrected chi connectivity index (χ3v) is 3.95. The number of benzene rings is 1. The molecule has 1 saturated heterocycles. The number of rotatable bonds is 3. The molecule has 2 heterocycles. The Balaban J connectivity index is 1.87. The number of aryl methyl sites for hydroxylation is 2. The molecule has 96 valence electrons. The number of aromatic amines is 1. The van der Waals surface area contributed by atoms with Crippen LogP contribution in [0.5, 0.6) is 0 Å². The Morgan fingerprint density at radius 2 is 2.39 bits per heavy atom. The molecule has 2 aromatic rings. The summed E-state index contributed by atoms with van der Waals surface area (Å²) >= 11 is 5.40. The summed E-state index contributed by atoms with van der Waals surface area (Å²) in [5.41, 5.74) is 3.60. The van der Waals surface area contributed by atoms with Crippen molar-refractivity contribution < 1.29 is 4.74 Å². The number of ether oxygens (including phenoxy) is 1. The molecular formula is C14H18N2OS. The lowest BCUT2D eigenvalue weighted by atomic mass is 10.2. The fraction of sp³-hybridized carbons (Fsp3) is 0.500. The molecule has 18 heavy (non-hydrogen) atoms. The zero-order valence-corrected chi connectivity index (χ0v) is 11.4. The molecule has 1 N–H and O–H groups in total. The number of hydrogen-bond acceptors (Lipinski definition) is 2. The van der Waals surface area contributed by atoms with Crippen molar-refractivity contribution in [2.75, 3.05) is 6.61 Å². The van der Waals surface area contributed by atoms with Crippen molar-refractivity contribution in [3.8, 4) is 0 Å². The summed E-state index contributed by atoms with van der Waals surface area (Å²) in [7, 11) is 0. The summed E-state index contributed by atoms with van der Waals surface area (Å²) < 4.78 is 8.68. The lowest BCUT2D eigenvalue weighted by Crippen LogP contribution is -2.10. The fourth-order valence-electron chi connectivity index (χ4n) is 2.63. The predicted molar refractivity (Wildman–Crippen MR) is 75.5 cm³/mol. The smallest absolute Gasteiger partial charge is 0.178 e. The van der Waals surface area contributed by atoms with Crippen LogP contribution in [0.2, 0.25) is 0 Å². The molecule has 0 spiro atoms. The zero-order chi connectivity index (χ0) is 12.5. The van der Waals surface area contributed by atoms with Crippen LogP contribution in [-0.4, -0.2) is 22.3 Å². The summed E-state index contributed by atoms with van der Waals surface area (Å²) in [6.07, 6.45) is 3.86. The fourth-order valence-corrected chi connectivity index (χ4v) is 2.93. The van der Waals surface area contributed by atoms with Crippen LogP contribution >= 0.6 is 12.2 Å². The topological polar surface area (TPSA) is 29.9 Å². The molecule has 1 atom stereocenters. The zero-order valence-electron chi connectivity index (χ0n) is 10.6. The first-order valence-electron chi connectivity index (χ1n) is 6.55. The molecule has 1 aliphatic heterocycles. The second kappa shape index (κ2) is 4.86. The summed E-state index contributed by atoms with van der Waals surface area (Å²) in [6, 6.07) is 6.40. The molecule has 0 saturated carbocycles. The van der Waals surface area contributed by atoms with E-state index in [4.69, 9.17) is 17.0 Å². The Kier molecular flexibility index (Phi) is 3.22. The van der Waals surface area contributed by atoms with E-state index in [1.165, 1.54) is 23.9 Å². The van der Waals surface area contributed by atoms with Gasteiger partial charge in [0.15, 0.2) is 4.77 Å². The maximum Gasteiger partial charge on any atom is 0.178 e. The van der Waals surface area contributed by atoms with Crippen LogP contribution in [0.3, 0.4) is 0 Å². The standard InChI is InChI=1S/C14H18N2OS/c1-10-4-5-12-13(9-10)16(14(18)15-12)7-6-11-3-2-8-17-11/h4-5,9,11H,2-3,6-8H2,1H3,(H,15,18). The second-order valence-electron chi connectivity index (χ2n) is 5.03. The second-order valence-corrected chi connectivity index (χ2v) is 5.41. The Morgan fingerprint density at radius 3 is 3.17 bits per heavy atom. The number of nitrogens with zero attached hydrogens (tertiary/aromatic N) is 1. The third-order valence-electron chi connectivity index (χ3n) is 3.63. The van der Waals surface area contributed by atoms with Crippen molar-refractivity contribution in [3.63, 3.8) is 0 Å². The average molecular weight is 262 g/mol. The van der Waals surface area contributed by atoms with Gasteiger partial charge in [-0.15, -0.1) is 0 Å². The minimum Gasteiger partial charge on any atom is -0.378 e. The van der Waals surface area contributed by atoms with Crippen molar-refractivity contribution in [3.05, 3.63) is 28.5 Å². The van der Waals surface area contributed by atoms with Gasteiger partial charge in [0.2, 0.25) is 0 Å². The van der Waals surface area contributed by atoms with E-state index in [0.29, 0.717) is 6.10 Å². The van der Waals surface area contributed by atoms with Crippen LogP contribution in [0.15, 0.2) is 18.2 Å². The molecule has 0 amide bonds. The van der Waals surface area contributed by atoms with E-state index in [0.717, 1.165) is 29.9 Å². The SMILES string of the molecule is Cc1ccc2[nH]c(=S)n(CCC3CCCO3)c2c1. The van der Waals surface area contributed by atoms with Gasteiger partial charge in [-0.1, -0.05) is 6.07 Å². The monoisotopic (exact) mass is 262 g/mol. The van der Waals surface area contributed by atoms with Crippen LogP contribution in [-0.2, 0) is 11.3 Å². The average Bonchev–Trinajstić information content (AvgIpc) is 2.94. The van der Waals surface area contributed by atoms with Gasteiger partial charge in [0.25, 0.3) is 0 Å². The highest BCUT2D eigenvalue weighted by molar-refractivity contribution is 7.71. The minimum absolute atomic E-state index is 0.418. The third kappa shape index (κ3) is 2.22. The predicted octanol–water partition coefficient (Wildman–Crippen LogP) is 3.58. The van der Waals surface area contributed by atoms with Gasteiger partial charge >= 0.3 is 0 Å². The van der Waals surface area contributed by atoms with Gasteiger partial charge in [-0.2, -0.15) is 0 Å². The Morgan fingerprint density at radius 1 is 1.50 bits per heavy atom. The van der Waals surface area contributed by atoms with E-state index >= 15 is 0 Å². The van der Waals surface area contributed by atoms with Gasteiger partial charge in [0, 0.05) is 13.2 Å². The molecule has 3 nitrogen and oxygen atoms in total. The highest BCUT2D eigenvalue weighted by atomic mass is 32.1. The maximum atomic E-state index is 5.67. The van der Waals surface area contributed by atoms with E-state index in [1.54, 1.807) is 0 Å². The molecule has 1 aromatic carbocycles. The van der Waals surface area contributed by atoms with Gasteiger partial charge in [-0.05, 0) is 56.1 Å². The molecule has 1 aromatic heterocycles. The van der Waals surface area contributed by atoms with E-state index in [1.807, 2.05) is 0 Å². The maximum absolute atomic E-state index is 5.67. The minimum atomic E-state index is 0.418. The van der Waals surface area contributed by atoms with Gasteiger partial charge in [0.05, 0.1) is 17.1 Å². The van der Waals surface area contributed by atoms with Gasteiger partial charge in [0.1, 0.15) is 0 Å². The van der Waals surface area contributed by atoms with Gasteiger partial charge in [-0.3, -0.25) is 0 Å². The van der Waals surface area contributed by atoms with Crippen LogP contribution in [0.1, 0.15) is 24.8 Å². The highest BCUT2D eigenvalue weighted by Crippen LogP contribution is 2.20. The lowest BCUT2D eigenvalue weighted by molar-refractivity contribution is 0.101. The number of aromatic nitrogens is 2. The molecule has 3 rings (SSSR count). The summed E-state index contributed by atoms with van der Waals surface area (Å²) in [5.74, 6) is 0. The van der Waals surface area contributed by atoms with Crippen LogP contribution in [0.4, 0.5) is 0 Å². The number of imidazole rings is 1. The first-order valence-corrected chi connectivity index (χ1v) is 6.95. The normalized spacial score (nSPS) is 19.7. The molecule has 1 fully saturated rings. The Bertz CT molecular complexity index is 608. The van der Waals surface area contributed by atoms with Gasteiger partial charge in [-0.25, -0.2) is 0 Å². The van der Waals surface area contributed by atoms with Crippen molar-refractivity contribution in [1.82, 2.24) is 9.55 Å². The van der Waals surface area contributed by atoms with Crippen LogP contribution in [0.25, 0.3) is 11.0 Å². The molecule has 0 bridgehead atoms. The summed E-state index contributed by atoms with van der Waals surface area (Å²) in [6.45, 7) is 3.97. The summed E-state index contributed by atoms with van der Waals surface area (Å²) in [5, 5.41) is 0. The summed E-state index contributed by atoms with van der Waals surface area (Å²) in [4.78, 5) is 3.27. The molecular weight excluding hydrogens is 244 g/mol. The molecule has 1 aliphatic rings. The van der Waals surface area contributed by atoms with Crippen molar-refractivity contribution in [2.24, 2.45) is 0 Å². The number of nitrogens with one attached hydrogen (secondary N) is 1. The van der Waals surface area contributed by atoms with Crippen LogP contribution in [0, 0.1) is 11.7 Å². The van der Waals surface area contributed by atoms with Gasteiger partial charge < -0.3 is 14.3 Å². The molecule has 1 unspecified atom stereocenters. The quantitative estimate of drug-likeness (QED) is 0.857. The van der Waals surface area contributed by atoms with Crippen molar-refractivity contribution in [2.45, 2.75) is 38.8 Å². The van der Waals surface area contributed by atoms with E-state index in [9.17, 15) is 0 Å². The van der Waals surface area contributed by atoms with E-state index < -0.39 is 0 Å². The Labute approximate surface area is 112 Å². The highest BCUT2D eigenvalue weighted by Gasteiger charge is 2.15. The molecule has 4 heteroatoms. The lowest BCUT2D eigenvalue weighted by Gasteiger charge is -2.10.